The van der Waals surface area contributed by atoms with Gasteiger partial charge in [-0.25, -0.2) is 0 Å². The van der Waals surface area contributed by atoms with Crippen molar-refractivity contribution in [2.75, 3.05) is 0 Å². The number of ketones is 1. The third-order valence-corrected chi connectivity index (χ3v) is 4.63. The summed E-state index contributed by atoms with van der Waals surface area (Å²) in [6.45, 7) is 6.55. The molecule has 0 heterocycles. The summed E-state index contributed by atoms with van der Waals surface area (Å²) in [6.07, 6.45) is 5.81. The molecule has 0 aromatic heterocycles. The van der Waals surface area contributed by atoms with Crippen LogP contribution in [0.1, 0.15) is 70.4 Å². The van der Waals surface area contributed by atoms with Crippen LogP contribution in [-0.4, -0.2) is 16.5 Å². The minimum Gasteiger partial charge on any atom is -0.382 e. The lowest BCUT2D eigenvalue weighted by atomic mass is 9.84. The van der Waals surface area contributed by atoms with E-state index >= 15 is 0 Å². The normalized spacial score (nSPS) is 19.0. The molecule has 2 rings (SSSR count). The number of carbonyl (C=O) groups is 1. The molecule has 0 unspecified atom stereocenters. The minimum absolute atomic E-state index is 0.00657. The molecule has 1 aromatic rings. The van der Waals surface area contributed by atoms with Crippen molar-refractivity contribution >= 4 is 5.78 Å². The first-order valence-corrected chi connectivity index (χ1v) is 8.16. The van der Waals surface area contributed by atoms with Gasteiger partial charge in [0.1, 0.15) is 5.60 Å². The van der Waals surface area contributed by atoms with E-state index in [0.29, 0.717) is 19.3 Å². The van der Waals surface area contributed by atoms with E-state index in [-0.39, 0.29) is 11.2 Å². The molecule has 0 spiro atoms. The summed E-state index contributed by atoms with van der Waals surface area (Å²) in [6, 6.07) is 8.25. The van der Waals surface area contributed by atoms with Gasteiger partial charge in [0.25, 0.3) is 0 Å². The molecule has 1 aliphatic carbocycles. The standard InChI is InChI=1S/C19H28O2/c1-18(2,3)16-10-8-15(9-11-16)14-17(20)19(21)12-6-4-5-7-13-19/h8-11,21H,4-7,12-14H2,1-3H3. The van der Waals surface area contributed by atoms with Crippen molar-refractivity contribution in [3.05, 3.63) is 35.4 Å². The highest BCUT2D eigenvalue weighted by Crippen LogP contribution is 2.29. The van der Waals surface area contributed by atoms with Crippen LogP contribution in [0.5, 0.6) is 0 Å². The Labute approximate surface area is 128 Å². The fourth-order valence-corrected chi connectivity index (χ4v) is 3.06. The van der Waals surface area contributed by atoms with Crippen molar-refractivity contribution in [2.45, 2.75) is 76.7 Å². The summed E-state index contributed by atoms with van der Waals surface area (Å²) in [5.41, 5.74) is 1.32. The van der Waals surface area contributed by atoms with Gasteiger partial charge in [-0.15, -0.1) is 0 Å². The van der Waals surface area contributed by atoms with Crippen LogP contribution in [0.25, 0.3) is 0 Å². The van der Waals surface area contributed by atoms with E-state index in [1.807, 2.05) is 12.1 Å². The lowest BCUT2D eigenvalue weighted by Gasteiger charge is -2.25. The van der Waals surface area contributed by atoms with Gasteiger partial charge in [-0.05, 0) is 29.4 Å². The van der Waals surface area contributed by atoms with Crippen molar-refractivity contribution in [1.29, 1.82) is 0 Å². The van der Waals surface area contributed by atoms with Gasteiger partial charge in [-0.1, -0.05) is 70.7 Å². The van der Waals surface area contributed by atoms with Crippen molar-refractivity contribution in [3.63, 3.8) is 0 Å². The molecule has 1 N–H and O–H groups in total. The maximum Gasteiger partial charge on any atom is 0.168 e. The zero-order valence-corrected chi connectivity index (χ0v) is 13.6. The second-order valence-electron chi connectivity index (χ2n) is 7.49. The predicted molar refractivity (Wildman–Crippen MR) is 86.5 cm³/mol. The van der Waals surface area contributed by atoms with Crippen LogP contribution in [-0.2, 0) is 16.6 Å². The molecule has 2 nitrogen and oxygen atoms in total. The van der Waals surface area contributed by atoms with Crippen LogP contribution in [0.2, 0.25) is 0 Å². The van der Waals surface area contributed by atoms with Crippen molar-refractivity contribution in [2.24, 2.45) is 0 Å². The van der Waals surface area contributed by atoms with Crippen molar-refractivity contribution in [3.8, 4) is 0 Å². The molecule has 0 aliphatic heterocycles. The molecule has 0 bridgehead atoms. The first kappa shape index (κ1) is 16.2. The molecular formula is C19H28O2. The Balaban J connectivity index is 2.05. The van der Waals surface area contributed by atoms with E-state index in [9.17, 15) is 9.90 Å². The average molecular weight is 288 g/mol. The van der Waals surface area contributed by atoms with Gasteiger partial charge in [-0.3, -0.25) is 4.79 Å². The average Bonchev–Trinajstić information content (AvgIpc) is 2.64. The predicted octanol–water partition coefficient (Wildman–Crippen LogP) is 4.18. The van der Waals surface area contributed by atoms with E-state index in [1.165, 1.54) is 5.56 Å². The van der Waals surface area contributed by atoms with Crippen LogP contribution in [0.15, 0.2) is 24.3 Å². The van der Waals surface area contributed by atoms with Gasteiger partial charge < -0.3 is 5.11 Å². The first-order chi connectivity index (χ1) is 9.81. The van der Waals surface area contributed by atoms with E-state index in [1.54, 1.807) is 0 Å². The number of hydrogen-bond acceptors (Lipinski definition) is 2. The molecule has 1 aromatic carbocycles. The maximum absolute atomic E-state index is 12.5. The Bertz CT molecular complexity index is 471. The third kappa shape index (κ3) is 4.16. The molecule has 0 saturated heterocycles. The fraction of sp³-hybridized carbons (Fsp3) is 0.632. The Morgan fingerprint density at radius 2 is 1.57 bits per heavy atom. The van der Waals surface area contributed by atoms with E-state index in [2.05, 4.69) is 32.9 Å². The first-order valence-electron chi connectivity index (χ1n) is 8.16. The number of hydrogen-bond donors (Lipinski definition) is 1. The molecular weight excluding hydrogens is 260 g/mol. The van der Waals surface area contributed by atoms with Gasteiger partial charge in [0.05, 0.1) is 0 Å². The summed E-state index contributed by atoms with van der Waals surface area (Å²) in [5.74, 6) is -0.00657. The molecule has 1 fully saturated rings. The summed E-state index contributed by atoms with van der Waals surface area (Å²) >= 11 is 0. The Morgan fingerprint density at radius 3 is 2.05 bits per heavy atom. The topological polar surface area (TPSA) is 37.3 Å². The van der Waals surface area contributed by atoms with Crippen LogP contribution in [0, 0.1) is 0 Å². The largest absolute Gasteiger partial charge is 0.382 e. The second-order valence-corrected chi connectivity index (χ2v) is 7.49. The maximum atomic E-state index is 12.5. The van der Waals surface area contributed by atoms with Gasteiger partial charge in [-0.2, -0.15) is 0 Å². The smallest absolute Gasteiger partial charge is 0.168 e. The number of aliphatic hydroxyl groups is 1. The van der Waals surface area contributed by atoms with Gasteiger partial charge >= 0.3 is 0 Å². The SMILES string of the molecule is CC(C)(C)c1ccc(CC(=O)C2(O)CCCCCC2)cc1. The van der Waals surface area contributed by atoms with E-state index in [4.69, 9.17) is 0 Å². The molecule has 0 atom stereocenters. The van der Waals surface area contributed by atoms with Gasteiger partial charge in [0, 0.05) is 6.42 Å². The fourth-order valence-electron chi connectivity index (χ4n) is 3.06. The highest BCUT2D eigenvalue weighted by atomic mass is 16.3. The molecule has 0 radical (unpaired) electrons. The Morgan fingerprint density at radius 1 is 1.05 bits per heavy atom. The third-order valence-electron chi connectivity index (χ3n) is 4.63. The highest BCUT2D eigenvalue weighted by molar-refractivity contribution is 5.88. The number of rotatable bonds is 3. The minimum atomic E-state index is -1.08. The van der Waals surface area contributed by atoms with Crippen LogP contribution in [0.4, 0.5) is 0 Å². The Kier molecular flexibility index (Phi) is 4.88. The molecule has 0 amide bonds. The van der Waals surface area contributed by atoms with Crippen LogP contribution in [0.3, 0.4) is 0 Å². The highest BCUT2D eigenvalue weighted by Gasteiger charge is 2.35. The summed E-state index contributed by atoms with van der Waals surface area (Å²) in [7, 11) is 0. The molecule has 2 heteroatoms. The lowest BCUT2D eigenvalue weighted by Crippen LogP contribution is -2.39. The number of carbonyl (C=O) groups excluding carboxylic acids is 1. The quantitative estimate of drug-likeness (QED) is 0.847. The summed E-state index contributed by atoms with van der Waals surface area (Å²) < 4.78 is 0. The van der Waals surface area contributed by atoms with Gasteiger partial charge in [0.2, 0.25) is 0 Å². The summed E-state index contributed by atoms with van der Waals surface area (Å²) in [4.78, 5) is 12.5. The van der Waals surface area contributed by atoms with Crippen molar-refractivity contribution < 1.29 is 9.90 Å². The molecule has 1 saturated carbocycles. The van der Waals surface area contributed by atoms with E-state index < -0.39 is 5.60 Å². The van der Waals surface area contributed by atoms with Crippen LogP contribution < -0.4 is 0 Å². The number of Topliss-reactive ketones (excluding diaryl/α,β-unsaturated/α-hetero) is 1. The number of benzene rings is 1. The monoisotopic (exact) mass is 288 g/mol. The Hall–Kier alpha value is -1.15. The molecule has 116 valence electrons. The lowest BCUT2D eigenvalue weighted by molar-refractivity contribution is -0.138. The van der Waals surface area contributed by atoms with Crippen molar-refractivity contribution in [1.82, 2.24) is 0 Å². The zero-order chi connectivity index (χ0) is 15.5. The second kappa shape index (κ2) is 6.31. The van der Waals surface area contributed by atoms with E-state index in [0.717, 1.165) is 31.2 Å². The van der Waals surface area contributed by atoms with Crippen LogP contribution >= 0.6 is 0 Å². The zero-order valence-electron chi connectivity index (χ0n) is 13.6. The summed E-state index contributed by atoms with van der Waals surface area (Å²) in [5, 5.41) is 10.6. The molecule has 21 heavy (non-hydrogen) atoms. The van der Waals surface area contributed by atoms with Gasteiger partial charge in [0.15, 0.2) is 5.78 Å². The molecule has 1 aliphatic rings.